The summed E-state index contributed by atoms with van der Waals surface area (Å²) in [6.45, 7) is 0. The summed E-state index contributed by atoms with van der Waals surface area (Å²) < 4.78 is 0. The van der Waals surface area contributed by atoms with Crippen LogP contribution in [0.15, 0.2) is 18.2 Å². The van der Waals surface area contributed by atoms with Gasteiger partial charge < -0.3 is 15.3 Å². The number of benzene rings is 1. The number of carbonyl (C=O) groups is 1. The van der Waals surface area contributed by atoms with E-state index in [0.29, 0.717) is 0 Å². The Balaban J connectivity index is 3.39. The van der Waals surface area contributed by atoms with Gasteiger partial charge in [0.2, 0.25) is 0 Å². The molecule has 0 amide bonds. The SMILES string of the molecule is O=C(O)c1c(O)cccc1C#CO. The minimum absolute atomic E-state index is 0.0787. The topological polar surface area (TPSA) is 77.8 Å². The molecular weight excluding hydrogens is 172 g/mol. The Kier molecular flexibility index (Phi) is 2.41. The van der Waals surface area contributed by atoms with Crippen molar-refractivity contribution in [3.8, 4) is 17.8 Å². The number of rotatable bonds is 1. The van der Waals surface area contributed by atoms with E-state index in [-0.39, 0.29) is 16.9 Å². The van der Waals surface area contributed by atoms with Crippen LogP contribution in [-0.4, -0.2) is 21.3 Å². The van der Waals surface area contributed by atoms with Crippen LogP contribution in [0.3, 0.4) is 0 Å². The third-order valence-corrected chi connectivity index (χ3v) is 1.45. The second kappa shape index (κ2) is 3.50. The van der Waals surface area contributed by atoms with E-state index in [0.717, 1.165) is 0 Å². The van der Waals surface area contributed by atoms with E-state index < -0.39 is 5.97 Å². The van der Waals surface area contributed by atoms with Crippen LogP contribution in [0.4, 0.5) is 0 Å². The van der Waals surface area contributed by atoms with E-state index in [1.807, 2.05) is 0 Å². The zero-order valence-corrected chi connectivity index (χ0v) is 6.48. The van der Waals surface area contributed by atoms with Crippen LogP contribution in [0.5, 0.6) is 5.75 Å². The first-order valence-corrected chi connectivity index (χ1v) is 3.37. The summed E-state index contributed by atoms with van der Waals surface area (Å²) in [4.78, 5) is 10.6. The quantitative estimate of drug-likeness (QED) is 0.555. The fourth-order valence-electron chi connectivity index (χ4n) is 0.929. The highest BCUT2D eigenvalue weighted by atomic mass is 16.4. The second-order valence-corrected chi connectivity index (χ2v) is 2.24. The van der Waals surface area contributed by atoms with Crippen LogP contribution < -0.4 is 0 Å². The average molecular weight is 178 g/mol. The summed E-state index contributed by atoms with van der Waals surface area (Å²) in [5.41, 5.74) is -0.223. The lowest BCUT2D eigenvalue weighted by Gasteiger charge is -2.00. The summed E-state index contributed by atoms with van der Waals surface area (Å²) in [7, 11) is 0. The molecule has 13 heavy (non-hydrogen) atoms. The van der Waals surface area contributed by atoms with Crippen molar-refractivity contribution in [3.63, 3.8) is 0 Å². The summed E-state index contributed by atoms with van der Waals surface area (Å²) in [5.74, 6) is 0.514. The Morgan fingerprint density at radius 3 is 2.62 bits per heavy atom. The molecule has 0 aromatic heterocycles. The second-order valence-electron chi connectivity index (χ2n) is 2.24. The van der Waals surface area contributed by atoms with E-state index in [9.17, 15) is 4.79 Å². The lowest BCUT2D eigenvalue weighted by Crippen LogP contribution is -2.00. The van der Waals surface area contributed by atoms with Gasteiger partial charge in [0.1, 0.15) is 17.4 Å². The molecule has 0 fully saturated rings. The zero-order valence-electron chi connectivity index (χ0n) is 6.48. The van der Waals surface area contributed by atoms with Gasteiger partial charge in [-0.3, -0.25) is 0 Å². The fourth-order valence-corrected chi connectivity index (χ4v) is 0.929. The molecule has 0 aliphatic rings. The predicted molar refractivity (Wildman–Crippen MR) is 43.9 cm³/mol. The first kappa shape index (κ1) is 8.94. The van der Waals surface area contributed by atoms with Crippen molar-refractivity contribution in [1.82, 2.24) is 0 Å². The molecule has 3 N–H and O–H groups in total. The van der Waals surface area contributed by atoms with Gasteiger partial charge >= 0.3 is 5.97 Å². The normalized spacial score (nSPS) is 8.62. The van der Waals surface area contributed by atoms with Gasteiger partial charge in [0.15, 0.2) is 0 Å². The molecule has 66 valence electrons. The largest absolute Gasteiger partial charge is 0.507 e. The van der Waals surface area contributed by atoms with E-state index in [1.54, 1.807) is 6.11 Å². The van der Waals surface area contributed by atoms with Crippen molar-refractivity contribution in [2.24, 2.45) is 0 Å². The molecule has 1 aromatic carbocycles. The maximum absolute atomic E-state index is 10.6. The molecule has 0 saturated heterocycles. The average Bonchev–Trinajstić information content (AvgIpc) is 2.04. The van der Waals surface area contributed by atoms with Crippen molar-refractivity contribution < 1.29 is 20.1 Å². The van der Waals surface area contributed by atoms with Gasteiger partial charge in [-0.2, -0.15) is 0 Å². The number of carboxylic acids is 1. The number of aliphatic hydroxyl groups excluding tert-OH is 1. The molecule has 0 aliphatic carbocycles. The van der Waals surface area contributed by atoms with E-state index >= 15 is 0 Å². The lowest BCUT2D eigenvalue weighted by atomic mass is 10.1. The maximum atomic E-state index is 10.6. The number of aromatic hydroxyl groups is 1. The number of phenols is 1. The van der Waals surface area contributed by atoms with Crippen LogP contribution >= 0.6 is 0 Å². The molecule has 0 radical (unpaired) electrons. The Bertz CT molecular complexity index is 398. The van der Waals surface area contributed by atoms with Gasteiger partial charge in [-0.15, -0.1) is 0 Å². The molecule has 0 heterocycles. The molecule has 4 heteroatoms. The molecular formula is C9H6O4. The van der Waals surface area contributed by atoms with Crippen LogP contribution in [0.1, 0.15) is 15.9 Å². The minimum atomic E-state index is -1.28. The standard InChI is InChI=1S/C9H6O4/c10-5-4-6-2-1-3-7(11)8(6)9(12)13/h1-3,10-11H,(H,12,13). The summed E-state index contributed by atoms with van der Waals surface area (Å²) in [6, 6.07) is 4.08. The molecule has 0 spiro atoms. The Labute approximate surface area is 74.1 Å². The van der Waals surface area contributed by atoms with Gasteiger partial charge in [0.05, 0.1) is 0 Å². The lowest BCUT2D eigenvalue weighted by molar-refractivity contribution is 0.0693. The van der Waals surface area contributed by atoms with Gasteiger partial charge in [-0.1, -0.05) is 6.07 Å². The first-order chi connectivity index (χ1) is 6.16. The van der Waals surface area contributed by atoms with Crippen molar-refractivity contribution in [1.29, 1.82) is 0 Å². The van der Waals surface area contributed by atoms with E-state index in [4.69, 9.17) is 15.3 Å². The summed E-state index contributed by atoms with van der Waals surface area (Å²) in [6.07, 6.45) is 1.58. The highest BCUT2D eigenvalue weighted by Gasteiger charge is 2.13. The number of aliphatic hydroxyl groups is 1. The van der Waals surface area contributed by atoms with Gasteiger partial charge in [0.25, 0.3) is 0 Å². The molecule has 0 saturated carbocycles. The molecule has 1 aromatic rings. The van der Waals surface area contributed by atoms with Crippen molar-refractivity contribution in [3.05, 3.63) is 29.3 Å². The molecule has 0 bridgehead atoms. The summed E-state index contributed by atoms with van der Waals surface area (Å²) in [5, 5.41) is 26.1. The van der Waals surface area contributed by atoms with Crippen molar-refractivity contribution in [2.75, 3.05) is 0 Å². The van der Waals surface area contributed by atoms with Crippen LogP contribution in [0.25, 0.3) is 0 Å². The first-order valence-electron chi connectivity index (χ1n) is 3.37. The number of aromatic carboxylic acids is 1. The van der Waals surface area contributed by atoms with Crippen LogP contribution in [-0.2, 0) is 0 Å². The van der Waals surface area contributed by atoms with Gasteiger partial charge in [-0.25, -0.2) is 4.79 Å². The fraction of sp³-hybridized carbons (Fsp3) is 0. The van der Waals surface area contributed by atoms with Crippen molar-refractivity contribution in [2.45, 2.75) is 0 Å². The smallest absolute Gasteiger partial charge is 0.340 e. The van der Waals surface area contributed by atoms with E-state index in [1.165, 1.54) is 18.2 Å². The molecule has 0 atom stereocenters. The number of hydrogen-bond donors (Lipinski definition) is 3. The van der Waals surface area contributed by atoms with Crippen LogP contribution in [0.2, 0.25) is 0 Å². The Hall–Kier alpha value is -2.15. The third-order valence-electron chi connectivity index (χ3n) is 1.45. The molecule has 4 nitrogen and oxygen atoms in total. The third kappa shape index (κ3) is 1.71. The Morgan fingerprint density at radius 1 is 1.38 bits per heavy atom. The molecule has 0 unspecified atom stereocenters. The Morgan fingerprint density at radius 2 is 2.08 bits per heavy atom. The highest BCUT2D eigenvalue weighted by Crippen LogP contribution is 2.19. The minimum Gasteiger partial charge on any atom is -0.507 e. The molecule has 1 rings (SSSR count). The number of carboxylic acid groups (broad SMARTS) is 1. The monoisotopic (exact) mass is 178 g/mol. The van der Waals surface area contributed by atoms with Gasteiger partial charge in [0, 0.05) is 5.56 Å². The maximum Gasteiger partial charge on any atom is 0.340 e. The molecule has 0 aliphatic heterocycles. The van der Waals surface area contributed by atoms with Gasteiger partial charge in [-0.05, 0) is 18.1 Å². The van der Waals surface area contributed by atoms with Crippen LogP contribution in [0, 0.1) is 12.0 Å². The summed E-state index contributed by atoms with van der Waals surface area (Å²) >= 11 is 0. The zero-order chi connectivity index (χ0) is 9.84. The number of hydrogen-bond acceptors (Lipinski definition) is 3. The van der Waals surface area contributed by atoms with E-state index in [2.05, 4.69) is 5.92 Å². The highest BCUT2D eigenvalue weighted by molar-refractivity contribution is 5.93. The van der Waals surface area contributed by atoms with Crippen molar-refractivity contribution >= 4 is 5.97 Å². The predicted octanol–water partition coefficient (Wildman–Crippen LogP) is 0.772.